The summed E-state index contributed by atoms with van der Waals surface area (Å²) < 4.78 is 10.8. The molecule has 0 unspecified atom stereocenters. The van der Waals surface area contributed by atoms with Crippen LogP contribution in [0.25, 0.3) is 11.3 Å². The summed E-state index contributed by atoms with van der Waals surface area (Å²) in [6.45, 7) is 1.19. The predicted molar refractivity (Wildman–Crippen MR) is 102 cm³/mol. The lowest BCUT2D eigenvalue weighted by Crippen LogP contribution is -2.36. The molecule has 1 aliphatic rings. The van der Waals surface area contributed by atoms with Crippen molar-refractivity contribution in [3.05, 3.63) is 65.4 Å². The SMILES string of the molecule is COc1cc2c(cc1OC)CN(C(=O)c1cc(-c3ccccc3)n[nH]1)CC2. The number of carbonyl (C=O) groups excluding carboxylic acids is 1. The van der Waals surface area contributed by atoms with E-state index in [1.807, 2.05) is 53.4 Å². The number of benzene rings is 2. The summed E-state index contributed by atoms with van der Waals surface area (Å²) in [6, 6.07) is 15.6. The minimum atomic E-state index is -0.0508. The van der Waals surface area contributed by atoms with E-state index < -0.39 is 0 Å². The summed E-state index contributed by atoms with van der Waals surface area (Å²) in [7, 11) is 3.25. The minimum Gasteiger partial charge on any atom is -0.493 e. The van der Waals surface area contributed by atoms with Crippen LogP contribution in [0.15, 0.2) is 48.5 Å². The van der Waals surface area contributed by atoms with Gasteiger partial charge in [-0.2, -0.15) is 5.10 Å². The van der Waals surface area contributed by atoms with Crippen molar-refractivity contribution < 1.29 is 14.3 Å². The molecule has 1 amide bonds. The van der Waals surface area contributed by atoms with E-state index in [9.17, 15) is 4.79 Å². The number of methoxy groups -OCH3 is 2. The number of amides is 1. The van der Waals surface area contributed by atoms with Crippen LogP contribution in [-0.2, 0) is 13.0 Å². The maximum Gasteiger partial charge on any atom is 0.272 e. The van der Waals surface area contributed by atoms with Gasteiger partial charge in [0.05, 0.1) is 19.9 Å². The molecule has 1 aliphatic heterocycles. The first-order chi connectivity index (χ1) is 13.2. The van der Waals surface area contributed by atoms with Gasteiger partial charge in [0.2, 0.25) is 0 Å². The van der Waals surface area contributed by atoms with E-state index in [1.54, 1.807) is 14.2 Å². The molecule has 0 saturated heterocycles. The molecule has 1 aromatic heterocycles. The summed E-state index contributed by atoms with van der Waals surface area (Å²) in [5.74, 6) is 1.35. The van der Waals surface area contributed by atoms with Crippen molar-refractivity contribution in [1.82, 2.24) is 15.1 Å². The second-order valence-electron chi connectivity index (χ2n) is 6.49. The smallest absolute Gasteiger partial charge is 0.272 e. The van der Waals surface area contributed by atoms with Gasteiger partial charge < -0.3 is 14.4 Å². The molecule has 3 aromatic rings. The van der Waals surface area contributed by atoms with E-state index in [2.05, 4.69) is 10.2 Å². The van der Waals surface area contributed by atoms with Crippen molar-refractivity contribution in [3.63, 3.8) is 0 Å². The number of nitrogens with one attached hydrogen (secondary N) is 1. The van der Waals surface area contributed by atoms with Crippen molar-refractivity contribution in [3.8, 4) is 22.8 Å². The molecule has 4 rings (SSSR count). The molecule has 138 valence electrons. The molecule has 6 heteroatoms. The number of nitrogens with zero attached hydrogens (tertiary/aromatic N) is 2. The van der Waals surface area contributed by atoms with Crippen LogP contribution in [0.1, 0.15) is 21.6 Å². The predicted octanol–water partition coefficient (Wildman–Crippen LogP) is 3.29. The number of fused-ring (bicyclic) bond motifs is 1. The Morgan fingerprint density at radius 2 is 1.74 bits per heavy atom. The molecule has 6 nitrogen and oxygen atoms in total. The van der Waals surface area contributed by atoms with Crippen molar-refractivity contribution >= 4 is 5.91 Å². The summed E-state index contributed by atoms with van der Waals surface area (Å²) in [5, 5.41) is 7.17. The van der Waals surface area contributed by atoms with Gasteiger partial charge in [-0.15, -0.1) is 0 Å². The first-order valence-corrected chi connectivity index (χ1v) is 8.83. The second-order valence-corrected chi connectivity index (χ2v) is 6.49. The van der Waals surface area contributed by atoms with E-state index in [-0.39, 0.29) is 5.91 Å². The molecule has 0 aliphatic carbocycles. The molecule has 1 N–H and O–H groups in total. The Bertz CT molecular complexity index is 966. The summed E-state index contributed by atoms with van der Waals surface area (Å²) in [6.07, 6.45) is 0.779. The number of carbonyl (C=O) groups is 1. The zero-order chi connectivity index (χ0) is 18.8. The summed E-state index contributed by atoms with van der Waals surface area (Å²) in [4.78, 5) is 14.8. The van der Waals surface area contributed by atoms with Crippen LogP contribution >= 0.6 is 0 Å². The first kappa shape index (κ1) is 17.1. The number of hydrogen-bond donors (Lipinski definition) is 1. The van der Waals surface area contributed by atoms with Crippen LogP contribution < -0.4 is 9.47 Å². The molecular weight excluding hydrogens is 342 g/mol. The van der Waals surface area contributed by atoms with Gasteiger partial charge in [0.25, 0.3) is 5.91 Å². The number of H-pyrrole nitrogens is 1. The highest BCUT2D eigenvalue weighted by atomic mass is 16.5. The van der Waals surface area contributed by atoms with Gasteiger partial charge in [-0.3, -0.25) is 9.89 Å². The lowest BCUT2D eigenvalue weighted by atomic mass is 9.98. The molecule has 27 heavy (non-hydrogen) atoms. The maximum atomic E-state index is 12.9. The third kappa shape index (κ3) is 3.26. The van der Waals surface area contributed by atoms with Crippen molar-refractivity contribution in [2.75, 3.05) is 20.8 Å². The number of aromatic amines is 1. The molecule has 2 heterocycles. The van der Waals surface area contributed by atoms with Gasteiger partial charge >= 0.3 is 0 Å². The zero-order valence-electron chi connectivity index (χ0n) is 15.4. The van der Waals surface area contributed by atoms with E-state index in [0.717, 1.165) is 29.0 Å². The van der Waals surface area contributed by atoms with Crippen LogP contribution in [0, 0.1) is 0 Å². The van der Waals surface area contributed by atoms with Crippen LogP contribution in [0.5, 0.6) is 11.5 Å². The Morgan fingerprint density at radius 1 is 1.04 bits per heavy atom. The van der Waals surface area contributed by atoms with E-state index in [1.165, 1.54) is 5.56 Å². The monoisotopic (exact) mass is 363 g/mol. The molecule has 0 radical (unpaired) electrons. The standard InChI is InChI=1S/C21H21N3O3/c1-26-19-10-15-8-9-24(13-16(15)11-20(19)27-2)21(25)18-12-17(22-23-18)14-6-4-3-5-7-14/h3-7,10-12H,8-9,13H2,1-2H3,(H,22,23). The van der Waals surface area contributed by atoms with Gasteiger partial charge in [0.15, 0.2) is 11.5 Å². The minimum absolute atomic E-state index is 0.0508. The Hall–Kier alpha value is -3.28. The lowest BCUT2D eigenvalue weighted by Gasteiger charge is -2.29. The molecule has 0 saturated carbocycles. The Labute approximate surface area is 157 Å². The number of aromatic nitrogens is 2. The van der Waals surface area contributed by atoms with Gasteiger partial charge in [-0.25, -0.2) is 0 Å². The highest BCUT2D eigenvalue weighted by Gasteiger charge is 2.25. The van der Waals surface area contributed by atoms with Gasteiger partial charge in [0.1, 0.15) is 5.69 Å². The second kappa shape index (κ2) is 7.15. The fraction of sp³-hybridized carbons (Fsp3) is 0.238. The van der Waals surface area contributed by atoms with Crippen molar-refractivity contribution in [2.45, 2.75) is 13.0 Å². The Balaban J connectivity index is 1.55. The van der Waals surface area contributed by atoms with E-state index in [0.29, 0.717) is 24.5 Å². The molecule has 0 spiro atoms. The average molecular weight is 363 g/mol. The molecule has 0 bridgehead atoms. The Morgan fingerprint density at radius 3 is 2.44 bits per heavy atom. The number of hydrogen-bond acceptors (Lipinski definition) is 4. The average Bonchev–Trinajstić information content (AvgIpc) is 3.22. The third-order valence-electron chi connectivity index (χ3n) is 4.88. The summed E-state index contributed by atoms with van der Waals surface area (Å²) >= 11 is 0. The first-order valence-electron chi connectivity index (χ1n) is 8.83. The van der Waals surface area contributed by atoms with Gasteiger partial charge in [0, 0.05) is 18.7 Å². The molecule has 2 aromatic carbocycles. The summed E-state index contributed by atoms with van der Waals surface area (Å²) in [5.41, 5.74) is 4.51. The van der Waals surface area contributed by atoms with Crippen LogP contribution in [-0.4, -0.2) is 41.8 Å². The molecule has 0 atom stereocenters. The molecule has 0 fully saturated rings. The lowest BCUT2D eigenvalue weighted by molar-refractivity contribution is 0.0728. The Kier molecular flexibility index (Phi) is 4.54. The maximum absolute atomic E-state index is 12.9. The van der Waals surface area contributed by atoms with Crippen LogP contribution in [0.2, 0.25) is 0 Å². The fourth-order valence-electron chi connectivity index (χ4n) is 3.41. The van der Waals surface area contributed by atoms with Crippen LogP contribution in [0.3, 0.4) is 0 Å². The van der Waals surface area contributed by atoms with Crippen molar-refractivity contribution in [1.29, 1.82) is 0 Å². The quantitative estimate of drug-likeness (QED) is 0.772. The highest BCUT2D eigenvalue weighted by Crippen LogP contribution is 2.33. The largest absolute Gasteiger partial charge is 0.493 e. The van der Waals surface area contributed by atoms with Gasteiger partial charge in [-0.1, -0.05) is 30.3 Å². The van der Waals surface area contributed by atoms with Crippen LogP contribution in [0.4, 0.5) is 0 Å². The fourth-order valence-corrected chi connectivity index (χ4v) is 3.41. The third-order valence-corrected chi connectivity index (χ3v) is 4.88. The van der Waals surface area contributed by atoms with Gasteiger partial charge in [-0.05, 0) is 35.7 Å². The molecular formula is C21H21N3O3. The normalized spacial score (nSPS) is 13.2. The number of rotatable bonds is 4. The zero-order valence-corrected chi connectivity index (χ0v) is 15.4. The van der Waals surface area contributed by atoms with E-state index >= 15 is 0 Å². The highest BCUT2D eigenvalue weighted by molar-refractivity contribution is 5.93. The van der Waals surface area contributed by atoms with Crippen molar-refractivity contribution in [2.24, 2.45) is 0 Å². The topological polar surface area (TPSA) is 67.5 Å². The number of ether oxygens (including phenoxy) is 2. The van der Waals surface area contributed by atoms with E-state index in [4.69, 9.17) is 9.47 Å².